The second kappa shape index (κ2) is 11.1. The van der Waals surface area contributed by atoms with Crippen LogP contribution in [0.2, 0.25) is 0 Å². The molecule has 3 heterocycles. The van der Waals surface area contributed by atoms with Crippen molar-refractivity contribution in [3.05, 3.63) is 124 Å². The van der Waals surface area contributed by atoms with Gasteiger partial charge in [0.1, 0.15) is 11.5 Å². The van der Waals surface area contributed by atoms with Gasteiger partial charge in [0.25, 0.3) is 0 Å². The van der Waals surface area contributed by atoms with Gasteiger partial charge in [-0.2, -0.15) is 5.10 Å². The predicted molar refractivity (Wildman–Crippen MR) is 163 cm³/mol. The van der Waals surface area contributed by atoms with Crippen LogP contribution in [0.3, 0.4) is 0 Å². The van der Waals surface area contributed by atoms with Crippen LogP contribution in [0.4, 0.5) is 4.39 Å². The number of rotatable bonds is 7. The first-order valence-electron chi connectivity index (χ1n) is 13.6. The molecule has 0 aliphatic heterocycles. The Morgan fingerprint density at radius 3 is 2.80 bits per heavy atom. The molecule has 0 fully saturated rings. The minimum Gasteiger partial charge on any atom is -0.353 e. The highest BCUT2D eigenvalue weighted by molar-refractivity contribution is 5.98. The maximum Gasteiger partial charge on any atom is 0.123 e. The summed E-state index contributed by atoms with van der Waals surface area (Å²) in [5, 5.41) is 10.4. The molecule has 2 aromatic carbocycles. The molecule has 0 saturated carbocycles. The summed E-state index contributed by atoms with van der Waals surface area (Å²) in [6.45, 7) is 6.40. The number of nitrogens with one attached hydrogen (secondary N) is 2. The van der Waals surface area contributed by atoms with Gasteiger partial charge in [0, 0.05) is 28.5 Å². The zero-order valence-electron chi connectivity index (χ0n) is 22.5. The van der Waals surface area contributed by atoms with E-state index in [1.54, 1.807) is 12.1 Å². The number of allylic oxidation sites excluding steroid dienone is 6. The van der Waals surface area contributed by atoms with Crippen molar-refractivity contribution in [3.8, 4) is 22.5 Å². The van der Waals surface area contributed by atoms with Gasteiger partial charge < -0.3 is 4.98 Å². The van der Waals surface area contributed by atoms with Crippen LogP contribution in [-0.4, -0.2) is 20.2 Å². The van der Waals surface area contributed by atoms with Crippen LogP contribution in [0.5, 0.6) is 0 Å². The molecule has 0 bridgehead atoms. The lowest BCUT2D eigenvalue weighted by Gasteiger charge is -2.08. The normalized spacial score (nSPS) is 14.2. The van der Waals surface area contributed by atoms with Crippen LogP contribution >= 0.6 is 0 Å². The van der Waals surface area contributed by atoms with E-state index >= 15 is 0 Å². The SMILES string of the molecule is C=c1c(-c2cc3c(-c4cccc(F)c4)cccc3[nH]2)n[nH]/c1=C/C=C(\C)c1cncc(CCC2=CCCC=C2)c1. The van der Waals surface area contributed by atoms with E-state index in [4.69, 9.17) is 0 Å². The van der Waals surface area contributed by atoms with Gasteiger partial charge in [0.05, 0.1) is 11.0 Å². The van der Waals surface area contributed by atoms with E-state index in [-0.39, 0.29) is 5.82 Å². The highest BCUT2D eigenvalue weighted by atomic mass is 19.1. The third-order valence-corrected chi connectivity index (χ3v) is 7.48. The molecule has 1 aliphatic carbocycles. The third kappa shape index (κ3) is 5.36. The maximum absolute atomic E-state index is 13.9. The Morgan fingerprint density at radius 1 is 1.05 bits per heavy atom. The Hall–Kier alpha value is -4.77. The Bertz CT molecular complexity index is 1900. The number of pyridine rings is 1. The number of aryl methyl sites for hydroxylation is 1. The minimum absolute atomic E-state index is 0.252. The number of benzene rings is 2. The standard InChI is InChI=1S/C35H31FN4/c1-23(28-18-26(21-37-22-28)16-15-25-8-4-3-5-9-25)14-17-32-24(2)35(40-39-32)34-20-31-30(12-7-13-33(31)38-34)27-10-6-11-29(36)19-27/h4,6-14,17-22,38-39H,2-3,5,15-16H2,1H3/b23-14+,32-17+. The highest BCUT2D eigenvalue weighted by Crippen LogP contribution is 2.31. The molecule has 1 aliphatic rings. The second-order valence-electron chi connectivity index (χ2n) is 10.3. The quantitative estimate of drug-likeness (QED) is 0.234. The number of aromatic nitrogens is 4. The molecule has 4 nitrogen and oxygen atoms in total. The zero-order valence-corrected chi connectivity index (χ0v) is 22.5. The van der Waals surface area contributed by atoms with Gasteiger partial charge in [0.2, 0.25) is 0 Å². The molecule has 0 unspecified atom stereocenters. The Labute approximate surface area is 233 Å². The number of nitrogens with zero attached hydrogens (tertiary/aromatic N) is 2. The van der Waals surface area contributed by atoms with Gasteiger partial charge in [0.15, 0.2) is 0 Å². The fourth-order valence-corrected chi connectivity index (χ4v) is 5.22. The highest BCUT2D eigenvalue weighted by Gasteiger charge is 2.12. The van der Waals surface area contributed by atoms with Crippen molar-refractivity contribution >= 4 is 29.1 Å². The lowest BCUT2D eigenvalue weighted by Crippen LogP contribution is -2.21. The molecule has 0 amide bonds. The summed E-state index contributed by atoms with van der Waals surface area (Å²) in [4.78, 5) is 7.95. The van der Waals surface area contributed by atoms with Crippen LogP contribution < -0.4 is 10.6 Å². The maximum atomic E-state index is 13.9. The predicted octanol–water partition coefficient (Wildman–Crippen LogP) is 7.26. The average Bonchev–Trinajstić information content (AvgIpc) is 3.58. The smallest absolute Gasteiger partial charge is 0.123 e. The van der Waals surface area contributed by atoms with E-state index in [9.17, 15) is 4.39 Å². The molecule has 0 radical (unpaired) electrons. The van der Waals surface area contributed by atoms with Crippen molar-refractivity contribution in [1.29, 1.82) is 0 Å². The molecule has 5 heteroatoms. The minimum atomic E-state index is -0.252. The molecule has 40 heavy (non-hydrogen) atoms. The second-order valence-corrected chi connectivity index (χ2v) is 10.3. The first-order valence-corrected chi connectivity index (χ1v) is 13.6. The molecule has 198 valence electrons. The largest absolute Gasteiger partial charge is 0.353 e. The fraction of sp³-hybridized carbons (Fsp3) is 0.143. The van der Waals surface area contributed by atoms with Gasteiger partial charge in [-0.1, -0.05) is 60.7 Å². The summed E-state index contributed by atoms with van der Waals surface area (Å²) in [5.41, 5.74) is 9.26. The summed E-state index contributed by atoms with van der Waals surface area (Å²) >= 11 is 0. The van der Waals surface area contributed by atoms with Crippen LogP contribution in [0.1, 0.15) is 37.3 Å². The molecule has 2 N–H and O–H groups in total. The first kappa shape index (κ1) is 25.5. The van der Waals surface area contributed by atoms with Gasteiger partial charge in [-0.15, -0.1) is 0 Å². The molecule has 0 saturated heterocycles. The summed E-state index contributed by atoms with van der Waals surface area (Å²) < 4.78 is 13.9. The van der Waals surface area contributed by atoms with Crippen LogP contribution in [0.15, 0.2) is 96.9 Å². The van der Waals surface area contributed by atoms with Crippen LogP contribution in [-0.2, 0) is 6.42 Å². The Kier molecular flexibility index (Phi) is 7.11. The average molecular weight is 527 g/mol. The lowest BCUT2D eigenvalue weighted by molar-refractivity contribution is 0.628. The van der Waals surface area contributed by atoms with E-state index < -0.39 is 0 Å². The number of hydrogen-bond acceptors (Lipinski definition) is 2. The molecular formula is C35H31FN4. The Balaban J connectivity index is 1.25. The van der Waals surface area contributed by atoms with Crippen molar-refractivity contribution < 1.29 is 4.39 Å². The fourth-order valence-electron chi connectivity index (χ4n) is 5.22. The molecule has 3 aromatic heterocycles. The number of fused-ring (bicyclic) bond motifs is 1. The van der Waals surface area contributed by atoms with E-state index in [2.05, 4.69) is 70.1 Å². The zero-order chi connectivity index (χ0) is 27.5. The van der Waals surface area contributed by atoms with Crippen molar-refractivity contribution in [1.82, 2.24) is 20.2 Å². The molecular weight excluding hydrogens is 495 g/mol. The van der Waals surface area contributed by atoms with Gasteiger partial charge in [-0.25, -0.2) is 4.39 Å². The van der Waals surface area contributed by atoms with Crippen molar-refractivity contribution in [3.63, 3.8) is 0 Å². The first-order chi connectivity index (χ1) is 19.5. The van der Waals surface area contributed by atoms with E-state index in [1.165, 1.54) is 17.2 Å². The monoisotopic (exact) mass is 526 g/mol. The van der Waals surface area contributed by atoms with Crippen LogP contribution in [0.25, 0.3) is 51.6 Å². The van der Waals surface area contributed by atoms with Crippen molar-refractivity contribution in [2.75, 3.05) is 0 Å². The molecule has 0 atom stereocenters. The van der Waals surface area contributed by atoms with E-state index in [1.807, 2.05) is 42.7 Å². The number of aromatic amines is 2. The van der Waals surface area contributed by atoms with E-state index in [0.29, 0.717) is 0 Å². The summed E-state index contributed by atoms with van der Waals surface area (Å²) in [6.07, 6.45) is 19.1. The number of hydrogen-bond donors (Lipinski definition) is 2. The Morgan fingerprint density at radius 2 is 1.95 bits per heavy atom. The molecule has 6 rings (SSSR count). The topological polar surface area (TPSA) is 57.4 Å². The van der Waals surface area contributed by atoms with Gasteiger partial charge >= 0.3 is 0 Å². The summed E-state index contributed by atoms with van der Waals surface area (Å²) in [7, 11) is 0. The van der Waals surface area contributed by atoms with Gasteiger partial charge in [-0.05, 0) is 96.8 Å². The van der Waals surface area contributed by atoms with Crippen LogP contribution in [0, 0.1) is 5.82 Å². The molecule has 0 spiro atoms. The van der Waals surface area contributed by atoms with Crippen molar-refractivity contribution in [2.24, 2.45) is 0 Å². The summed E-state index contributed by atoms with van der Waals surface area (Å²) in [6, 6.07) is 16.9. The summed E-state index contributed by atoms with van der Waals surface area (Å²) in [5.74, 6) is -0.252. The number of halogens is 1. The van der Waals surface area contributed by atoms with E-state index in [0.717, 1.165) is 80.8 Å². The lowest BCUT2D eigenvalue weighted by atomic mass is 9.99. The van der Waals surface area contributed by atoms with Gasteiger partial charge in [-0.3, -0.25) is 10.1 Å². The van der Waals surface area contributed by atoms with Crippen molar-refractivity contribution in [2.45, 2.75) is 32.6 Å². The third-order valence-electron chi connectivity index (χ3n) is 7.48. The number of H-pyrrole nitrogens is 2. The molecule has 5 aromatic rings.